The Bertz CT molecular complexity index is 645. The van der Waals surface area contributed by atoms with Crippen LogP contribution in [0.1, 0.15) is 19.3 Å². The van der Waals surface area contributed by atoms with Gasteiger partial charge in [0.15, 0.2) is 11.5 Å². The van der Waals surface area contributed by atoms with E-state index >= 15 is 0 Å². The fourth-order valence-corrected chi connectivity index (χ4v) is 4.58. The van der Waals surface area contributed by atoms with Crippen molar-refractivity contribution in [2.45, 2.75) is 24.2 Å². The molecule has 0 spiro atoms. The first-order valence-corrected chi connectivity index (χ1v) is 9.59. The van der Waals surface area contributed by atoms with Gasteiger partial charge in [-0.1, -0.05) is 0 Å². The molecule has 24 heavy (non-hydrogen) atoms. The van der Waals surface area contributed by atoms with E-state index in [1.54, 1.807) is 22.5 Å². The number of rotatable bonds is 4. The van der Waals surface area contributed by atoms with E-state index in [0.29, 0.717) is 43.7 Å². The number of hydrogen-bond acceptors (Lipinski definition) is 5. The van der Waals surface area contributed by atoms with Gasteiger partial charge in [0.2, 0.25) is 10.0 Å². The fourth-order valence-electron chi connectivity index (χ4n) is 3.10. The summed E-state index contributed by atoms with van der Waals surface area (Å²) < 4.78 is 38.4. The smallest absolute Gasteiger partial charge is 0.243 e. The van der Waals surface area contributed by atoms with E-state index in [2.05, 4.69) is 5.32 Å². The van der Waals surface area contributed by atoms with E-state index in [1.165, 1.54) is 0 Å². The molecular formula is C16H25ClN2O4S. The summed E-state index contributed by atoms with van der Waals surface area (Å²) in [7, 11) is -1.54. The first-order chi connectivity index (χ1) is 11.1. The third-order valence-corrected chi connectivity index (χ3v) is 6.32. The Balaban J connectivity index is 0.00000208. The van der Waals surface area contributed by atoms with E-state index in [-0.39, 0.29) is 17.3 Å². The van der Waals surface area contributed by atoms with Crippen LogP contribution in [0.4, 0.5) is 0 Å². The molecule has 0 saturated carbocycles. The minimum atomic E-state index is -3.47. The van der Waals surface area contributed by atoms with Crippen molar-refractivity contribution in [3.8, 4) is 11.5 Å². The van der Waals surface area contributed by atoms with Crippen molar-refractivity contribution >= 4 is 22.4 Å². The maximum atomic E-state index is 12.8. The molecule has 1 aromatic rings. The molecule has 1 aromatic carbocycles. The van der Waals surface area contributed by atoms with Crippen LogP contribution in [-0.4, -0.2) is 52.6 Å². The number of nitrogens with zero attached hydrogens (tertiary/aromatic N) is 1. The number of sulfonamides is 1. The highest BCUT2D eigenvalue weighted by molar-refractivity contribution is 7.89. The number of nitrogens with one attached hydrogen (secondary N) is 1. The van der Waals surface area contributed by atoms with E-state index < -0.39 is 10.0 Å². The Labute approximate surface area is 150 Å². The van der Waals surface area contributed by atoms with Gasteiger partial charge < -0.3 is 14.8 Å². The Morgan fingerprint density at radius 1 is 1.17 bits per heavy atom. The number of halogens is 1. The predicted octanol–water partition coefficient (Wildman–Crippen LogP) is 1.89. The largest absolute Gasteiger partial charge is 0.490 e. The van der Waals surface area contributed by atoms with Crippen molar-refractivity contribution in [3.05, 3.63) is 18.2 Å². The van der Waals surface area contributed by atoms with Crippen LogP contribution in [-0.2, 0) is 10.0 Å². The lowest BCUT2D eigenvalue weighted by molar-refractivity contribution is 0.270. The SMILES string of the molecule is CNCC1CCN(S(=O)(=O)c2ccc3c(c2)OCCCO3)CC1.Cl. The highest BCUT2D eigenvalue weighted by Gasteiger charge is 2.30. The average molecular weight is 377 g/mol. The second-order valence-electron chi connectivity index (χ2n) is 6.06. The van der Waals surface area contributed by atoms with Gasteiger partial charge in [-0.3, -0.25) is 0 Å². The molecule has 0 unspecified atom stereocenters. The number of piperidine rings is 1. The number of hydrogen-bond donors (Lipinski definition) is 1. The van der Waals surface area contributed by atoms with Crippen molar-refractivity contribution in [1.29, 1.82) is 0 Å². The van der Waals surface area contributed by atoms with Gasteiger partial charge >= 0.3 is 0 Å². The summed E-state index contributed by atoms with van der Waals surface area (Å²) in [5.74, 6) is 1.69. The molecule has 2 heterocycles. The maximum absolute atomic E-state index is 12.8. The van der Waals surface area contributed by atoms with Crippen LogP contribution < -0.4 is 14.8 Å². The standard InChI is InChI=1S/C16H24N2O4S.ClH/c1-17-12-13-5-7-18(8-6-13)23(19,20)14-3-4-15-16(11-14)22-10-2-9-21-15;/h3-4,11,13,17H,2,5-10,12H2,1H3;1H. The number of benzene rings is 1. The molecule has 0 amide bonds. The van der Waals surface area contributed by atoms with E-state index in [4.69, 9.17) is 9.47 Å². The summed E-state index contributed by atoms with van der Waals surface area (Å²) >= 11 is 0. The van der Waals surface area contributed by atoms with Gasteiger partial charge in [0.25, 0.3) is 0 Å². The van der Waals surface area contributed by atoms with Crippen molar-refractivity contribution in [2.75, 3.05) is 39.9 Å². The first-order valence-electron chi connectivity index (χ1n) is 8.15. The zero-order valence-electron chi connectivity index (χ0n) is 13.9. The summed E-state index contributed by atoms with van der Waals surface area (Å²) in [5, 5.41) is 3.16. The molecule has 0 aliphatic carbocycles. The van der Waals surface area contributed by atoms with Crippen molar-refractivity contribution < 1.29 is 17.9 Å². The van der Waals surface area contributed by atoms with Crippen LogP contribution in [0.2, 0.25) is 0 Å². The van der Waals surface area contributed by atoms with Crippen LogP contribution >= 0.6 is 12.4 Å². The molecule has 1 fully saturated rings. The van der Waals surface area contributed by atoms with Gasteiger partial charge in [0, 0.05) is 25.6 Å². The van der Waals surface area contributed by atoms with Crippen molar-refractivity contribution in [3.63, 3.8) is 0 Å². The quantitative estimate of drug-likeness (QED) is 0.869. The van der Waals surface area contributed by atoms with Crippen LogP contribution in [0.5, 0.6) is 11.5 Å². The molecule has 2 aliphatic heterocycles. The summed E-state index contributed by atoms with van der Waals surface area (Å²) in [6.45, 7) is 3.23. The van der Waals surface area contributed by atoms with E-state index in [0.717, 1.165) is 25.8 Å². The lowest BCUT2D eigenvalue weighted by Gasteiger charge is -2.31. The molecular weight excluding hydrogens is 352 g/mol. The topological polar surface area (TPSA) is 67.9 Å². The van der Waals surface area contributed by atoms with Crippen LogP contribution in [0, 0.1) is 5.92 Å². The van der Waals surface area contributed by atoms with Gasteiger partial charge in [-0.2, -0.15) is 4.31 Å². The third-order valence-electron chi connectivity index (χ3n) is 4.42. The van der Waals surface area contributed by atoms with Gasteiger partial charge in [-0.15, -0.1) is 12.4 Å². The molecule has 0 aromatic heterocycles. The lowest BCUT2D eigenvalue weighted by Crippen LogP contribution is -2.40. The fraction of sp³-hybridized carbons (Fsp3) is 0.625. The zero-order valence-corrected chi connectivity index (χ0v) is 15.5. The minimum absolute atomic E-state index is 0. The molecule has 136 valence electrons. The van der Waals surface area contributed by atoms with Gasteiger partial charge in [0.1, 0.15) is 0 Å². The summed E-state index contributed by atoms with van der Waals surface area (Å²) in [4.78, 5) is 0.286. The van der Waals surface area contributed by atoms with Crippen LogP contribution in [0.3, 0.4) is 0 Å². The summed E-state index contributed by atoms with van der Waals surface area (Å²) in [6.07, 6.45) is 2.59. The zero-order chi connectivity index (χ0) is 16.3. The maximum Gasteiger partial charge on any atom is 0.243 e. The lowest BCUT2D eigenvalue weighted by atomic mass is 9.98. The molecule has 1 N–H and O–H groups in total. The van der Waals surface area contributed by atoms with Crippen LogP contribution in [0.25, 0.3) is 0 Å². The third kappa shape index (κ3) is 4.14. The van der Waals surface area contributed by atoms with Crippen molar-refractivity contribution in [2.24, 2.45) is 5.92 Å². The molecule has 3 rings (SSSR count). The van der Waals surface area contributed by atoms with E-state index in [9.17, 15) is 8.42 Å². The van der Waals surface area contributed by atoms with Crippen LogP contribution in [0.15, 0.2) is 23.1 Å². The molecule has 0 atom stereocenters. The Morgan fingerprint density at radius 2 is 1.83 bits per heavy atom. The molecule has 2 aliphatic rings. The van der Waals surface area contributed by atoms with Gasteiger partial charge in [-0.25, -0.2) is 8.42 Å². The minimum Gasteiger partial charge on any atom is -0.490 e. The number of ether oxygens (including phenoxy) is 2. The molecule has 0 bridgehead atoms. The molecule has 0 radical (unpaired) electrons. The average Bonchev–Trinajstić information content (AvgIpc) is 2.80. The van der Waals surface area contributed by atoms with Gasteiger partial charge in [-0.05, 0) is 44.5 Å². The highest BCUT2D eigenvalue weighted by Crippen LogP contribution is 2.33. The molecule has 6 nitrogen and oxygen atoms in total. The Morgan fingerprint density at radius 3 is 2.50 bits per heavy atom. The first kappa shape index (κ1) is 19.3. The second kappa shape index (κ2) is 8.38. The normalized spacial score (nSPS) is 19.4. The summed E-state index contributed by atoms with van der Waals surface area (Å²) in [6, 6.07) is 4.90. The van der Waals surface area contributed by atoms with Crippen molar-refractivity contribution in [1.82, 2.24) is 9.62 Å². The predicted molar refractivity (Wildman–Crippen MR) is 94.7 cm³/mol. The highest BCUT2D eigenvalue weighted by atomic mass is 35.5. The second-order valence-corrected chi connectivity index (χ2v) is 8.00. The van der Waals surface area contributed by atoms with Gasteiger partial charge in [0.05, 0.1) is 18.1 Å². The monoisotopic (exact) mass is 376 g/mol. The van der Waals surface area contributed by atoms with E-state index in [1.807, 2.05) is 7.05 Å². The Kier molecular flexibility index (Phi) is 6.74. The number of fused-ring (bicyclic) bond motifs is 1. The molecule has 1 saturated heterocycles. The molecule has 8 heteroatoms. The summed E-state index contributed by atoms with van der Waals surface area (Å²) in [5.41, 5.74) is 0. The Hall–Kier alpha value is -1.02.